The molecule has 0 spiro atoms. The highest BCUT2D eigenvalue weighted by Gasteiger charge is 2.31. The molecule has 4 nitrogen and oxygen atoms in total. The fourth-order valence-corrected chi connectivity index (χ4v) is 4.21. The van der Waals surface area contributed by atoms with E-state index in [9.17, 15) is 8.42 Å². The molecule has 0 aliphatic heterocycles. The number of nitrogens with zero attached hydrogens (tertiary/aromatic N) is 1. The molecule has 0 amide bonds. The smallest absolute Gasteiger partial charge is 0.244 e. The van der Waals surface area contributed by atoms with E-state index < -0.39 is 10.0 Å². The van der Waals surface area contributed by atoms with Crippen LogP contribution in [0.4, 0.5) is 0 Å². The molecule has 1 aromatic carbocycles. The molecule has 0 heterocycles. The van der Waals surface area contributed by atoms with E-state index in [0.29, 0.717) is 29.6 Å². The van der Waals surface area contributed by atoms with E-state index in [0.717, 1.165) is 12.8 Å². The second-order valence-electron chi connectivity index (χ2n) is 5.14. The normalized spacial score (nSPS) is 15.8. The lowest BCUT2D eigenvalue weighted by Crippen LogP contribution is -2.29. The first-order chi connectivity index (χ1) is 9.36. The minimum absolute atomic E-state index is 0.0834. The monoisotopic (exact) mass is 336 g/mol. The van der Waals surface area contributed by atoms with Crippen LogP contribution in [0.25, 0.3) is 0 Å². The topological polar surface area (TPSA) is 49.4 Å². The van der Waals surface area contributed by atoms with Crippen molar-refractivity contribution in [1.82, 2.24) is 9.62 Å². The summed E-state index contributed by atoms with van der Waals surface area (Å²) in [7, 11) is -0.244. The molecule has 0 bridgehead atoms. The van der Waals surface area contributed by atoms with E-state index >= 15 is 0 Å². The molecule has 0 aromatic heterocycles. The van der Waals surface area contributed by atoms with Crippen molar-refractivity contribution in [2.45, 2.75) is 24.3 Å². The van der Waals surface area contributed by atoms with E-state index in [4.69, 9.17) is 23.2 Å². The van der Waals surface area contributed by atoms with Gasteiger partial charge in [0.15, 0.2) is 0 Å². The second kappa shape index (κ2) is 6.20. The third kappa shape index (κ3) is 3.46. The number of hydrogen-bond donors (Lipinski definition) is 1. The standard InChI is InChI=1S/C13H18Cl2N2O2S/c1-16-7-10-5-11(14)6-12(13(10)15)20(18,19)17(2)8-9-3-4-9/h5-6,9,16H,3-4,7-8H2,1-2H3. The molecule has 1 fully saturated rings. The first-order valence-electron chi connectivity index (χ1n) is 6.45. The predicted octanol–water partition coefficient (Wildman–Crippen LogP) is 2.74. The van der Waals surface area contributed by atoms with Gasteiger partial charge in [0, 0.05) is 25.2 Å². The van der Waals surface area contributed by atoms with Crippen LogP contribution < -0.4 is 5.32 Å². The van der Waals surface area contributed by atoms with Crippen molar-refractivity contribution in [3.63, 3.8) is 0 Å². The summed E-state index contributed by atoms with van der Waals surface area (Å²) in [4.78, 5) is 0.0834. The highest BCUT2D eigenvalue weighted by atomic mass is 35.5. The summed E-state index contributed by atoms with van der Waals surface area (Å²) < 4.78 is 26.5. The molecule has 0 unspecified atom stereocenters. The Kier molecular flexibility index (Phi) is 4.97. The zero-order valence-electron chi connectivity index (χ0n) is 11.5. The number of sulfonamides is 1. The van der Waals surface area contributed by atoms with E-state index in [1.807, 2.05) is 0 Å². The van der Waals surface area contributed by atoms with Gasteiger partial charge in [0.1, 0.15) is 4.90 Å². The van der Waals surface area contributed by atoms with Crippen molar-refractivity contribution in [1.29, 1.82) is 0 Å². The first-order valence-corrected chi connectivity index (χ1v) is 8.64. The van der Waals surface area contributed by atoms with Gasteiger partial charge in [-0.15, -0.1) is 0 Å². The number of rotatable bonds is 6. The molecular weight excluding hydrogens is 319 g/mol. The lowest BCUT2D eigenvalue weighted by molar-refractivity contribution is 0.453. The maximum Gasteiger partial charge on any atom is 0.244 e. The second-order valence-corrected chi connectivity index (χ2v) is 7.96. The molecule has 2 rings (SSSR count). The average molecular weight is 337 g/mol. The Morgan fingerprint density at radius 3 is 2.55 bits per heavy atom. The van der Waals surface area contributed by atoms with Gasteiger partial charge in [0.25, 0.3) is 0 Å². The summed E-state index contributed by atoms with van der Waals surface area (Å²) in [5.74, 6) is 0.476. The number of hydrogen-bond acceptors (Lipinski definition) is 3. The molecule has 112 valence electrons. The van der Waals surface area contributed by atoms with Crippen molar-refractivity contribution in [2.24, 2.45) is 5.92 Å². The third-order valence-corrected chi connectivity index (χ3v) is 5.97. The highest BCUT2D eigenvalue weighted by Crippen LogP contribution is 2.34. The Bertz CT molecular complexity index is 601. The lowest BCUT2D eigenvalue weighted by Gasteiger charge is -2.19. The number of nitrogens with one attached hydrogen (secondary N) is 1. The minimum Gasteiger partial charge on any atom is -0.316 e. The maximum atomic E-state index is 12.6. The minimum atomic E-state index is -3.60. The molecular formula is C13H18Cl2N2O2S. The van der Waals surface area contributed by atoms with Gasteiger partial charge in [-0.25, -0.2) is 12.7 Å². The van der Waals surface area contributed by atoms with E-state index in [2.05, 4.69) is 5.32 Å². The summed E-state index contributed by atoms with van der Waals surface area (Å²) in [5.41, 5.74) is 0.681. The van der Waals surface area contributed by atoms with E-state index in [1.54, 1.807) is 20.2 Å². The largest absolute Gasteiger partial charge is 0.316 e. The van der Waals surface area contributed by atoms with Gasteiger partial charge < -0.3 is 5.32 Å². The van der Waals surface area contributed by atoms with Crippen LogP contribution in [0.1, 0.15) is 18.4 Å². The van der Waals surface area contributed by atoms with Crippen LogP contribution in [0.2, 0.25) is 10.0 Å². The summed E-state index contributed by atoms with van der Waals surface area (Å²) >= 11 is 12.3. The SMILES string of the molecule is CNCc1cc(Cl)cc(S(=O)(=O)N(C)CC2CC2)c1Cl. The zero-order valence-corrected chi connectivity index (χ0v) is 13.8. The summed E-state index contributed by atoms with van der Waals surface area (Å²) in [6.07, 6.45) is 2.18. The third-order valence-electron chi connectivity index (χ3n) is 3.35. The fourth-order valence-electron chi connectivity index (χ4n) is 2.06. The number of halogens is 2. The highest BCUT2D eigenvalue weighted by molar-refractivity contribution is 7.89. The van der Waals surface area contributed by atoms with Crippen molar-refractivity contribution in [3.8, 4) is 0 Å². The van der Waals surface area contributed by atoms with Gasteiger partial charge in [-0.05, 0) is 43.5 Å². The first kappa shape index (κ1) is 16.0. The average Bonchev–Trinajstić information content (AvgIpc) is 3.17. The van der Waals surface area contributed by atoms with Gasteiger partial charge >= 0.3 is 0 Å². The molecule has 0 radical (unpaired) electrons. The van der Waals surface area contributed by atoms with Crippen LogP contribution in [0.5, 0.6) is 0 Å². The molecule has 1 aliphatic rings. The van der Waals surface area contributed by atoms with Crippen molar-refractivity contribution < 1.29 is 8.42 Å². The fraction of sp³-hybridized carbons (Fsp3) is 0.538. The Balaban J connectivity index is 2.39. The van der Waals surface area contributed by atoms with Gasteiger partial charge in [-0.3, -0.25) is 0 Å². The van der Waals surface area contributed by atoms with Gasteiger partial charge in [-0.1, -0.05) is 23.2 Å². The van der Waals surface area contributed by atoms with Crippen molar-refractivity contribution in [2.75, 3.05) is 20.6 Å². The lowest BCUT2D eigenvalue weighted by atomic mass is 10.2. The van der Waals surface area contributed by atoms with E-state index in [1.165, 1.54) is 10.4 Å². The van der Waals surface area contributed by atoms with Crippen molar-refractivity contribution >= 4 is 33.2 Å². The molecule has 7 heteroatoms. The Morgan fingerprint density at radius 1 is 1.35 bits per heavy atom. The summed E-state index contributed by atoms with van der Waals surface area (Å²) in [5, 5.41) is 3.57. The van der Waals surface area contributed by atoms with Crippen molar-refractivity contribution in [3.05, 3.63) is 27.7 Å². The van der Waals surface area contributed by atoms with Crippen LogP contribution >= 0.6 is 23.2 Å². The molecule has 1 N–H and O–H groups in total. The molecule has 0 saturated heterocycles. The molecule has 0 atom stereocenters. The number of benzene rings is 1. The van der Waals surface area contributed by atoms with E-state index in [-0.39, 0.29) is 9.92 Å². The Hall–Kier alpha value is -0.330. The molecule has 20 heavy (non-hydrogen) atoms. The van der Waals surface area contributed by atoms with Crippen LogP contribution in [-0.2, 0) is 16.6 Å². The van der Waals surface area contributed by atoms with Crippen LogP contribution in [0, 0.1) is 5.92 Å². The Morgan fingerprint density at radius 2 is 2.00 bits per heavy atom. The van der Waals surface area contributed by atoms with Crippen LogP contribution in [0.15, 0.2) is 17.0 Å². The summed E-state index contributed by atoms with van der Waals surface area (Å²) in [6.45, 7) is 1.00. The maximum absolute atomic E-state index is 12.6. The summed E-state index contributed by atoms with van der Waals surface area (Å²) in [6, 6.07) is 3.10. The predicted molar refractivity (Wildman–Crippen MR) is 81.8 cm³/mol. The zero-order chi connectivity index (χ0) is 14.9. The Labute approximate surface area is 130 Å². The van der Waals surface area contributed by atoms with Gasteiger partial charge in [-0.2, -0.15) is 0 Å². The molecule has 1 saturated carbocycles. The van der Waals surface area contributed by atoms with Crippen LogP contribution in [-0.4, -0.2) is 33.4 Å². The van der Waals surface area contributed by atoms with Crippen LogP contribution in [0.3, 0.4) is 0 Å². The molecule has 1 aliphatic carbocycles. The quantitative estimate of drug-likeness (QED) is 0.868. The van der Waals surface area contributed by atoms with Gasteiger partial charge in [0.2, 0.25) is 10.0 Å². The molecule has 1 aromatic rings. The van der Waals surface area contributed by atoms with Gasteiger partial charge in [0.05, 0.1) is 5.02 Å².